The molecule has 2 aliphatic heterocycles. The van der Waals surface area contributed by atoms with E-state index in [-0.39, 0.29) is 24.0 Å². The number of Topliss-reactive ketones (excluding diaryl/α,β-unsaturated/α-hetero) is 1. The summed E-state index contributed by atoms with van der Waals surface area (Å²) in [5.74, 6) is -0.871. The van der Waals surface area contributed by atoms with Crippen LogP contribution < -0.4 is 4.74 Å². The van der Waals surface area contributed by atoms with Crippen LogP contribution in [0.2, 0.25) is 10.0 Å². The first kappa shape index (κ1) is 22.6. The van der Waals surface area contributed by atoms with E-state index in [9.17, 15) is 14.7 Å². The number of benzene rings is 2. The number of amides is 1. The zero-order valence-electron chi connectivity index (χ0n) is 17.7. The molecule has 0 spiro atoms. The molecule has 0 radical (unpaired) electrons. The van der Waals surface area contributed by atoms with Crippen LogP contribution in [0.1, 0.15) is 36.1 Å². The summed E-state index contributed by atoms with van der Waals surface area (Å²) < 4.78 is 10.8. The van der Waals surface area contributed by atoms with Crippen molar-refractivity contribution in [2.45, 2.75) is 31.9 Å². The minimum absolute atomic E-state index is 0.0257. The number of ether oxygens (including phenoxy) is 2. The van der Waals surface area contributed by atoms with Gasteiger partial charge in [0.2, 0.25) is 0 Å². The Kier molecular flexibility index (Phi) is 6.47. The molecule has 4 rings (SSSR count). The zero-order chi connectivity index (χ0) is 23.0. The predicted octanol–water partition coefficient (Wildman–Crippen LogP) is 4.78. The van der Waals surface area contributed by atoms with Crippen molar-refractivity contribution in [1.29, 1.82) is 0 Å². The summed E-state index contributed by atoms with van der Waals surface area (Å²) in [5, 5.41) is 11.9. The first-order valence-electron chi connectivity index (χ1n) is 10.3. The van der Waals surface area contributed by atoms with Crippen molar-refractivity contribution in [1.82, 2.24) is 4.90 Å². The van der Waals surface area contributed by atoms with Gasteiger partial charge in [-0.25, -0.2) is 0 Å². The van der Waals surface area contributed by atoms with Crippen LogP contribution in [-0.2, 0) is 20.7 Å². The van der Waals surface area contributed by atoms with Gasteiger partial charge >= 0.3 is 0 Å². The molecule has 0 aromatic heterocycles. The van der Waals surface area contributed by atoms with E-state index in [2.05, 4.69) is 0 Å². The lowest BCUT2D eigenvalue weighted by molar-refractivity contribution is -0.140. The van der Waals surface area contributed by atoms with Crippen molar-refractivity contribution >= 4 is 40.7 Å². The number of hydrogen-bond acceptors (Lipinski definition) is 5. The first-order valence-corrected chi connectivity index (χ1v) is 11.1. The lowest BCUT2D eigenvalue weighted by Crippen LogP contribution is -2.31. The Morgan fingerprint density at radius 2 is 1.97 bits per heavy atom. The van der Waals surface area contributed by atoms with E-state index in [1.54, 1.807) is 43.5 Å². The molecule has 2 aliphatic rings. The molecule has 8 heteroatoms. The maximum Gasteiger partial charge on any atom is 0.295 e. The van der Waals surface area contributed by atoms with Crippen LogP contribution in [0, 0.1) is 0 Å². The molecule has 1 N–H and O–H groups in total. The van der Waals surface area contributed by atoms with Crippen LogP contribution in [0.4, 0.5) is 0 Å². The van der Waals surface area contributed by atoms with Gasteiger partial charge in [-0.2, -0.15) is 0 Å². The highest BCUT2D eigenvalue weighted by atomic mass is 35.5. The standard InChI is InChI=1S/C24H23Cl2NO5/c1-13-10-16-11-15(5-7-19(16)32-13)22(28)20-21(14-4-6-17(25)18(26)12-14)27(8-3-9-31-2)24(30)23(20)29/h4-7,11-13,21,28H,3,8-10H2,1-2H3/b22-20+. The van der Waals surface area contributed by atoms with Gasteiger partial charge in [-0.05, 0) is 54.8 Å². The molecule has 2 atom stereocenters. The van der Waals surface area contributed by atoms with Crippen molar-refractivity contribution in [2.24, 2.45) is 0 Å². The normalized spacial score (nSPS) is 21.7. The number of nitrogens with zero attached hydrogens (tertiary/aromatic N) is 1. The number of hydrogen-bond donors (Lipinski definition) is 1. The largest absolute Gasteiger partial charge is 0.507 e. The molecule has 2 aromatic rings. The van der Waals surface area contributed by atoms with Crippen LogP contribution >= 0.6 is 23.2 Å². The maximum atomic E-state index is 13.1. The number of halogens is 2. The van der Waals surface area contributed by atoms with E-state index in [0.717, 1.165) is 11.3 Å². The lowest BCUT2D eigenvalue weighted by Gasteiger charge is -2.25. The van der Waals surface area contributed by atoms with Gasteiger partial charge in [-0.1, -0.05) is 29.3 Å². The Labute approximate surface area is 196 Å². The molecule has 1 fully saturated rings. The Bertz CT molecular complexity index is 1110. The van der Waals surface area contributed by atoms with Crippen molar-refractivity contribution in [2.75, 3.05) is 20.3 Å². The molecule has 2 aromatic carbocycles. The molecule has 0 aliphatic carbocycles. The number of carbonyl (C=O) groups excluding carboxylic acids is 2. The molecular formula is C24H23Cl2NO5. The predicted molar refractivity (Wildman–Crippen MR) is 122 cm³/mol. The molecule has 6 nitrogen and oxygen atoms in total. The number of fused-ring (bicyclic) bond motifs is 1. The summed E-state index contributed by atoms with van der Waals surface area (Å²) in [4.78, 5) is 27.4. The smallest absolute Gasteiger partial charge is 0.295 e. The van der Waals surface area contributed by atoms with Crippen molar-refractivity contribution in [3.8, 4) is 5.75 Å². The van der Waals surface area contributed by atoms with Gasteiger partial charge < -0.3 is 19.5 Å². The summed E-state index contributed by atoms with van der Waals surface area (Å²) >= 11 is 12.3. The monoisotopic (exact) mass is 475 g/mol. The highest BCUT2D eigenvalue weighted by Gasteiger charge is 2.46. The highest BCUT2D eigenvalue weighted by molar-refractivity contribution is 6.46. The summed E-state index contributed by atoms with van der Waals surface area (Å²) in [6.45, 7) is 2.69. The second kappa shape index (κ2) is 9.14. The molecule has 32 heavy (non-hydrogen) atoms. The van der Waals surface area contributed by atoms with Crippen LogP contribution in [0.5, 0.6) is 5.75 Å². The van der Waals surface area contributed by atoms with Crippen LogP contribution in [0.25, 0.3) is 5.76 Å². The van der Waals surface area contributed by atoms with Crippen LogP contribution in [0.15, 0.2) is 42.0 Å². The van der Waals surface area contributed by atoms with Crippen LogP contribution in [-0.4, -0.2) is 48.1 Å². The van der Waals surface area contributed by atoms with Crippen molar-refractivity contribution < 1.29 is 24.2 Å². The van der Waals surface area contributed by atoms with Gasteiger partial charge in [-0.3, -0.25) is 9.59 Å². The Morgan fingerprint density at radius 1 is 1.19 bits per heavy atom. The van der Waals surface area contributed by atoms with E-state index in [4.69, 9.17) is 32.7 Å². The lowest BCUT2D eigenvalue weighted by atomic mass is 9.94. The minimum atomic E-state index is -0.787. The fourth-order valence-electron chi connectivity index (χ4n) is 4.24. The summed E-state index contributed by atoms with van der Waals surface area (Å²) in [7, 11) is 1.57. The van der Waals surface area contributed by atoms with E-state index < -0.39 is 17.7 Å². The van der Waals surface area contributed by atoms with E-state index in [1.165, 1.54) is 4.90 Å². The molecule has 0 bridgehead atoms. The van der Waals surface area contributed by atoms with E-state index in [1.807, 2.05) is 6.92 Å². The van der Waals surface area contributed by atoms with Gasteiger partial charge in [0.25, 0.3) is 11.7 Å². The number of rotatable bonds is 6. The summed E-state index contributed by atoms with van der Waals surface area (Å²) in [6.07, 6.45) is 1.29. The number of carbonyl (C=O) groups is 2. The Hall–Kier alpha value is -2.54. The second-order valence-electron chi connectivity index (χ2n) is 7.97. The van der Waals surface area contributed by atoms with Gasteiger partial charge in [0.15, 0.2) is 0 Å². The highest BCUT2D eigenvalue weighted by Crippen LogP contribution is 2.41. The quantitative estimate of drug-likeness (QED) is 0.281. The number of ketones is 1. The van der Waals surface area contributed by atoms with Crippen molar-refractivity contribution in [3.63, 3.8) is 0 Å². The number of aliphatic hydroxyl groups excluding tert-OH is 1. The maximum absolute atomic E-state index is 13.1. The zero-order valence-corrected chi connectivity index (χ0v) is 19.2. The van der Waals surface area contributed by atoms with Crippen LogP contribution in [0.3, 0.4) is 0 Å². The second-order valence-corrected chi connectivity index (χ2v) is 8.78. The van der Waals surface area contributed by atoms with Gasteiger partial charge in [0.1, 0.15) is 17.6 Å². The fourth-order valence-corrected chi connectivity index (χ4v) is 4.55. The topological polar surface area (TPSA) is 76.1 Å². The Morgan fingerprint density at radius 3 is 2.69 bits per heavy atom. The summed E-state index contributed by atoms with van der Waals surface area (Å²) in [5.41, 5.74) is 2.02. The third-order valence-corrected chi connectivity index (χ3v) is 6.46. The molecule has 0 saturated carbocycles. The van der Waals surface area contributed by atoms with E-state index in [0.29, 0.717) is 40.6 Å². The fraction of sp³-hybridized carbons (Fsp3) is 0.333. The molecule has 168 valence electrons. The third kappa shape index (κ3) is 4.10. The van der Waals surface area contributed by atoms with Crippen molar-refractivity contribution in [3.05, 3.63) is 68.7 Å². The van der Waals surface area contributed by atoms with Gasteiger partial charge in [-0.15, -0.1) is 0 Å². The molecule has 2 heterocycles. The molecular weight excluding hydrogens is 453 g/mol. The third-order valence-electron chi connectivity index (χ3n) is 5.72. The molecule has 1 amide bonds. The van der Waals surface area contributed by atoms with Gasteiger partial charge in [0.05, 0.1) is 21.7 Å². The molecule has 1 saturated heterocycles. The first-order chi connectivity index (χ1) is 15.3. The number of methoxy groups -OCH3 is 1. The average Bonchev–Trinajstić information content (AvgIpc) is 3.26. The number of likely N-dealkylation sites (tertiary alicyclic amines) is 1. The van der Waals surface area contributed by atoms with E-state index >= 15 is 0 Å². The minimum Gasteiger partial charge on any atom is -0.507 e. The average molecular weight is 476 g/mol. The summed E-state index contributed by atoms with van der Waals surface area (Å²) in [6, 6.07) is 9.42. The SMILES string of the molecule is COCCCN1C(=O)C(=O)/C(=C(/O)c2ccc3c(c2)CC(C)O3)C1c1ccc(Cl)c(Cl)c1. The molecule has 2 unspecified atom stereocenters. The Balaban J connectivity index is 1.82. The van der Waals surface area contributed by atoms with Gasteiger partial charge in [0, 0.05) is 32.2 Å². The number of aliphatic hydroxyl groups is 1.